The maximum Gasteiger partial charge on any atom is 0.0702 e. The van der Waals surface area contributed by atoms with E-state index in [4.69, 9.17) is 5.73 Å². The molecule has 0 fully saturated rings. The molecule has 3 aromatic rings. The third-order valence-electron chi connectivity index (χ3n) is 3.03. The summed E-state index contributed by atoms with van der Waals surface area (Å²) in [7, 11) is 0. The van der Waals surface area contributed by atoms with Gasteiger partial charge in [0.1, 0.15) is 0 Å². The van der Waals surface area contributed by atoms with Gasteiger partial charge in [-0.15, -0.1) is 11.8 Å². The monoisotopic (exact) mass is 344 g/mol. The molecule has 1 aromatic heterocycles. The number of fused-ring (bicyclic) bond motifs is 1. The number of hydrogen-bond donors (Lipinski definition) is 1. The molecular formula is C16H13BrN2S. The first-order valence-corrected chi connectivity index (χ1v) is 8.02. The Morgan fingerprint density at radius 2 is 2.00 bits per heavy atom. The van der Waals surface area contributed by atoms with Gasteiger partial charge in [-0.2, -0.15) is 0 Å². The third-order valence-corrected chi connectivity index (χ3v) is 4.69. The number of halogens is 1. The first kappa shape index (κ1) is 13.5. The van der Waals surface area contributed by atoms with Crippen LogP contribution in [0.5, 0.6) is 0 Å². The first-order chi connectivity index (χ1) is 9.72. The second-order valence-corrected chi connectivity index (χ2v) is 6.43. The van der Waals surface area contributed by atoms with E-state index in [0.29, 0.717) is 0 Å². The van der Waals surface area contributed by atoms with Crippen molar-refractivity contribution in [1.29, 1.82) is 0 Å². The van der Waals surface area contributed by atoms with Crippen LogP contribution in [0.3, 0.4) is 0 Å². The van der Waals surface area contributed by atoms with Crippen LogP contribution >= 0.6 is 27.7 Å². The minimum atomic E-state index is 0.812. The molecule has 0 spiro atoms. The number of nitrogens with two attached hydrogens (primary N) is 1. The van der Waals surface area contributed by atoms with Crippen LogP contribution in [0, 0.1) is 0 Å². The van der Waals surface area contributed by atoms with Crippen LogP contribution in [-0.4, -0.2) is 4.98 Å². The zero-order valence-electron chi connectivity index (χ0n) is 10.7. The number of nitrogen functional groups attached to an aromatic ring is 1. The Morgan fingerprint density at radius 1 is 1.10 bits per heavy atom. The van der Waals surface area contributed by atoms with Crippen LogP contribution in [0.4, 0.5) is 5.69 Å². The Hall–Kier alpha value is -1.52. The minimum absolute atomic E-state index is 0.812. The summed E-state index contributed by atoms with van der Waals surface area (Å²) < 4.78 is 1.01. The van der Waals surface area contributed by atoms with Gasteiger partial charge in [-0.3, -0.25) is 4.98 Å². The number of anilines is 1. The van der Waals surface area contributed by atoms with Crippen LogP contribution in [0.1, 0.15) is 5.56 Å². The van der Waals surface area contributed by atoms with Crippen LogP contribution in [-0.2, 0) is 5.75 Å². The molecule has 0 radical (unpaired) electrons. The summed E-state index contributed by atoms with van der Waals surface area (Å²) in [4.78, 5) is 5.44. The number of hydrogen-bond acceptors (Lipinski definition) is 3. The molecule has 0 aliphatic heterocycles. The molecule has 0 aliphatic rings. The van der Waals surface area contributed by atoms with Crippen LogP contribution < -0.4 is 5.73 Å². The molecule has 0 amide bonds. The molecule has 1 heterocycles. The molecule has 4 heteroatoms. The zero-order valence-corrected chi connectivity index (χ0v) is 13.1. The number of thioether (sulfide) groups is 1. The summed E-state index contributed by atoms with van der Waals surface area (Å²) in [5, 5.41) is 1.18. The molecule has 0 saturated carbocycles. The molecule has 2 aromatic carbocycles. The van der Waals surface area contributed by atoms with Crippen LogP contribution in [0.15, 0.2) is 64.1 Å². The van der Waals surface area contributed by atoms with Gasteiger partial charge in [-0.25, -0.2) is 0 Å². The average molecular weight is 345 g/mol. The third kappa shape index (κ3) is 2.97. The van der Waals surface area contributed by atoms with Crippen molar-refractivity contribution in [3.63, 3.8) is 0 Å². The maximum absolute atomic E-state index is 6.02. The molecule has 2 nitrogen and oxygen atoms in total. The van der Waals surface area contributed by atoms with E-state index in [1.54, 1.807) is 11.8 Å². The molecule has 0 saturated heterocycles. The van der Waals surface area contributed by atoms with Crippen LogP contribution in [0.25, 0.3) is 10.9 Å². The van der Waals surface area contributed by atoms with E-state index < -0.39 is 0 Å². The fourth-order valence-corrected chi connectivity index (χ4v) is 3.30. The van der Waals surface area contributed by atoms with Crippen molar-refractivity contribution >= 4 is 44.3 Å². The molecule has 100 valence electrons. The highest BCUT2D eigenvalue weighted by Gasteiger charge is 2.03. The first-order valence-electron chi connectivity index (χ1n) is 6.24. The molecule has 0 unspecified atom stereocenters. The topological polar surface area (TPSA) is 38.9 Å². The number of pyridine rings is 1. The van der Waals surface area contributed by atoms with Gasteiger partial charge in [-0.1, -0.05) is 28.1 Å². The van der Waals surface area contributed by atoms with Crippen molar-refractivity contribution in [2.24, 2.45) is 0 Å². The highest BCUT2D eigenvalue weighted by molar-refractivity contribution is 9.10. The lowest BCUT2D eigenvalue weighted by atomic mass is 10.1. The van der Waals surface area contributed by atoms with Crippen LogP contribution in [0.2, 0.25) is 0 Å². The quantitative estimate of drug-likeness (QED) is 0.544. The zero-order chi connectivity index (χ0) is 13.9. The van der Waals surface area contributed by atoms with E-state index in [0.717, 1.165) is 26.3 Å². The van der Waals surface area contributed by atoms with E-state index in [1.807, 2.05) is 30.5 Å². The van der Waals surface area contributed by atoms with E-state index in [-0.39, 0.29) is 0 Å². The van der Waals surface area contributed by atoms with Gasteiger partial charge in [0.15, 0.2) is 0 Å². The summed E-state index contributed by atoms with van der Waals surface area (Å²) in [6, 6.07) is 16.4. The molecule has 0 bridgehead atoms. The van der Waals surface area contributed by atoms with Gasteiger partial charge < -0.3 is 5.73 Å². The minimum Gasteiger partial charge on any atom is -0.398 e. The summed E-state index contributed by atoms with van der Waals surface area (Å²) in [6.45, 7) is 0. The van der Waals surface area contributed by atoms with Gasteiger partial charge in [0.2, 0.25) is 0 Å². The van der Waals surface area contributed by atoms with Crippen molar-refractivity contribution in [1.82, 2.24) is 4.98 Å². The van der Waals surface area contributed by atoms with Gasteiger partial charge in [0.25, 0.3) is 0 Å². The Kier molecular flexibility index (Phi) is 3.94. The average Bonchev–Trinajstić information content (AvgIpc) is 2.46. The Bertz CT molecular complexity index is 758. The molecular weight excluding hydrogens is 332 g/mol. The predicted molar refractivity (Wildman–Crippen MR) is 89.9 cm³/mol. The molecule has 20 heavy (non-hydrogen) atoms. The maximum atomic E-state index is 6.02. The van der Waals surface area contributed by atoms with Crippen molar-refractivity contribution in [3.8, 4) is 0 Å². The van der Waals surface area contributed by atoms with Crippen molar-refractivity contribution in [2.45, 2.75) is 10.6 Å². The van der Waals surface area contributed by atoms with Gasteiger partial charge in [-0.05, 0) is 42.0 Å². The lowest BCUT2D eigenvalue weighted by Crippen LogP contribution is -1.89. The molecule has 0 aliphatic carbocycles. The lowest BCUT2D eigenvalue weighted by molar-refractivity contribution is 1.36. The number of benzene rings is 2. The molecule has 0 atom stereocenters. The Balaban J connectivity index is 1.79. The number of nitrogens with zero attached hydrogens (tertiary/aromatic N) is 1. The fourth-order valence-electron chi connectivity index (χ4n) is 2.03. The second kappa shape index (κ2) is 5.85. The number of aromatic nitrogens is 1. The van der Waals surface area contributed by atoms with Crippen molar-refractivity contribution < 1.29 is 0 Å². The van der Waals surface area contributed by atoms with Gasteiger partial charge in [0.05, 0.1) is 5.52 Å². The van der Waals surface area contributed by atoms with E-state index in [1.165, 1.54) is 10.9 Å². The Morgan fingerprint density at radius 3 is 2.85 bits per heavy atom. The normalized spacial score (nSPS) is 10.8. The highest BCUT2D eigenvalue weighted by Crippen LogP contribution is 2.30. The van der Waals surface area contributed by atoms with E-state index in [2.05, 4.69) is 45.2 Å². The van der Waals surface area contributed by atoms with E-state index in [9.17, 15) is 0 Å². The predicted octanol–water partition coefficient (Wildman–Crippen LogP) is 4.87. The summed E-state index contributed by atoms with van der Waals surface area (Å²) in [5.41, 5.74) is 9.13. The number of rotatable bonds is 3. The lowest BCUT2D eigenvalue weighted by Gasteiger charge is -2.07. The SMILES string of the molecule is Nc1cc(Br)ccc1SCc1ccc2ncccc2c1. The summed E-state index contributed by atoms with van der Waals surface area (Å²) >= 11 is 5.17. The molecule has 3 rings (SSSR count). The summed E-state index contributed by atoms with van der Waals surface area (Å²) in [5.74, 6) is 0.899. The van der Waals surface area contributed by atoms with Gasteiger partial charge in [0, 0.05) is 32.4 Å². The molecule has 2 N–H and O–H groups in total. The summed E-state index contributed by atoms with van der Waals surface area (Å²) in [6.07, 6.45) is 1.82. The highest BCUT2D eigenvalue weighted by atomic mass is 79.9. The largest absolute Gasteiger partial charge is 0.398 e. The van der Waals surface area contributed by atoms with Crippen molar-refractivity contribution in [3.05, 3.63) is 64.8 Å². The smallest absolute Gasteiger partial charge is 0.0702 e. The fraction of sp³-hybridized carbons (Fsp3) is 0.0625. The van der Waals surface area contributed by atoms with Gasteiger partial charge >= 0.3 is 0 Å². The Labute approximate surface area is 130 Å². The van der Waals surface area contributed by atoms with E-state index >= 15 is 0 Å². The van der Waals surface area contributed by atoms with Crippen molar-refractivity contribution in [2.75, 3.05) is 5.73 Å². The second-order valence-electron chi connectivity index (χ2n) is 4.50. The standard InChI is InChI=1S/C16H13BrN2S/c17-13-4-6-16(14(18)9-13)20-10-11-3-5-15-12(8-11)2-1-7-19-15/h1-9H,10,18H2.